The summed E-state index contributed by atoms with van der Waals surface area (Å²) in [6.45, 7) is 0. The van der Waals surface area contributed by atoms with Gasteiger partial charge in [-0.25, -0.2) is 27.6 Å². The zero-order valence-corrected chi connectivity index (χ0v) is 48.5. The maximum absolute atomic E-state index is 12.5. The van der Waals surface area contributed by atoms with Gasteiger partial charge in [0.15, 0.2) is 0 Å². The van der Waals surface area contributed by atoms with Gasteiger partial charge in [0.2, 0.25) is 11.6 Å². The molecule has 0 radical (unpaired) electrons. The number of ketones is 2. The molecule has 0 bridgehead atoms. The number of carbonyl (C=O) groups is 6. The predicted octanol–water partition coefficient (Wildman–Crippen LogP) is 6.91. The third kappa shape index (κ3) is 14.8. The fourth-order valence-corrected chi connectivity index (χ4v) is 11.7. The first-order valence-electron chi connectivity index (χ1n) is 24.8. The molecule has 0 saturated heterocycles. The van der Waals surface area contributed by atoms with Crippen LogP contribution in [0.25, 0.3) is 0 Å². The predicted molar refractivity (Wildman–Crippen MR) is 320 cm³/mol. The second-order valence-electron chi connectivity index (χ2n) is 18.3. The average Bonchev–Trinajstić information content (AvgIpc) is 0.789. The zero-order chi connectivity index (χ0) is 67.0. The fraction of sp³-hybridized carbons (Fsp3) is 0. The summed E-state index contributed by atoms with van der Waals surface area (Å²) in [5.74, 6) is -7.27. The lowest BCUT2D eigenvalue weighted by molar-refractivity contribution is -0.385. The molecule has 0 aromatic heterocycles. The summed E-state index contributed by atoms with van der Waals surface area (Å²) >= 11 is 0. The van der Waals surface area contributed by atoms with Crippen molar-refractivity contribution in [2.45, 2.75) is 14.7 Å². The van der Waals surface area contributed by atoms with Crippen LogP contribution in [0, 0.1) is 30.3 Å². The number of fused-ring (bicyclic) bond motifs is 2. The first-order chi connectivity index (χ1) is 42.7. The van der Waals surface area contributed by atoms with Crippen LogP contribution >= 0.6 is 10.7 Å². The van der Waals surface area contributed by atoms with Crippen molar-refractivity contribution in [3.8, 4) is 0 Å². The number of halogens is 1. The van der Waals surface area contributed by atoms with E-state index >= 15 is 0 Å². The second-order valence-corrected chi connectivity index (χ2v) is 24.1. The number of rotatable bonds is 14. The van der Waals surface area contributed by atoms with Gasteiger partial charge in [-0.15, -0.1) is 0 Å². The Morgan fingerprint density at radius 3 is 1.15 bits per heavy atom. The van der Waals surface area contributed by atoms with Crippen LogP contribution < -0.4 is 21.1 Å². The Morgan fingerprint density at radius 2 is 0.758 bits per heavy atom. The number of nitrogens with one attached hydrogen (secondary N) is 2. The molecule has 2 aliphatic heterocycles. The number of benzene rings is 8. The SMILES string of the molecule is Nc1cc(C(=O)O)cc([N+](=O)[O-])c1C(=O)c1ccccc1.Nc1cc(C(=O)O)cc2c1C(c1ccccc1)=NNS2(=O)=O.O=C(O)c1cc([N+](=O)[O-])c(C(=O)c2ccccc2)c(S(=O)(=O)Cl)c1.O=C(O)c1cc([N+](=O)[O-])c2c(c1)S(=O)(=O)NN=C2c1ccccc1. The van der Waals surface area contributed by atoms with E-state index in [0.717, 1.165) is 30.3 Å². The Hall–Kier alpha value is -12.1. The summed E-state index contributed by atoms with van der Waals surface area (Å²) in [6, 6.07) is 39.4. The molecule has 91 heavy (non-hydrogen) atoms. The van der Waals surface area contributed by atoms with Gasteiger partial charge in [-0.2, -0.15) is 36.7 Å². The van der Waals surface area contributed by atoms with E-state index < -0.39 is 123 Å². The second kappa shape index (κ2) is 26.9. The molecule has 0 unspecified atom stereocenters. The number of sulfonamides is 2. The number of nitrogen functional groups attached to an aromatic ring is 2. The Kier molecular flexibility index (Phi) is 19.6. The largest absolute Gasteiger partial charge is 0.478 e. The van der Waals surface area contributed by atoms with Crippen LogP contribution in [0.4, 0.5) is 28.4 Å². The van der Waals surface area contributed by atoms with Crippen LogP contribution in [-0.2, 0) is 29.1 Å². The molecule has 0 atom stereocenters. The fourth-order valence-electron chi connectivity index (χ4n) is 8.50. The summed E-state index contributed by atoms with van der Waals surface area (Å²) < 4.78 is 72.0. The molecule has 2 aliphatic rings. The van der Waals surface area contributed by atoms with Gasteiger partial charge >= 0.3 is 23.9 Å². The van der Waals surface area contributed by atoms with E-state index in [4.69, 9.17) is 42.6 Å². The molecule has 31 nitrogen and oxygen atoms in total. The highest BCUT2D eigenvalue weighted by Gasteiger charge is 2.37. The van der Waals surface area contributed by atoms with Crippen molar-refractivity contribution in [3.05, 3.63) is 267 Å². The quantitative estimate of drug-likeness (QED) is 0.0180. The molecule has 10 N–H and O–H groups in total. The van der Waals surface area contributed by atoms with Crippen LogP contribution in [0.3, 0.4) is 0 Å². The van der Waals surface area contributed by atoms with Crippen molar-refractivity contribution in [1.82, 2.24) is 9.66 Å². The Bertz CT molecular complexity index is 4790. The number of anilines is 2. The van der Waals surface area contributed by atoms with E-state index in [1.807, 2.05) is 10.9 Å². The van der Waals surface area contributed by atoms with Crippen LogP contribution in [0.1, 0.15) is 95.5 Å². The van der Waals surface area contributed by atoms with Crippen molar-refractivity contribution in [1.29, 1.82) is 0 Å². The smallest absolute Gasteiger partial charge is 0.336 e. The summed E-state index contributed by atoms with van der Waals surface area (Å²) in [5, 5.41) is 77.3. The molecular formula is C56H38ClN9O22S3. The number of nitro benzene ring substituents is 3. The number of nitrogens with zero attached hydrogens (tertiary/aromatic N) is 5. The van der Waals surface area contributed by atoms with Gasteiger partial charge < -0.3 is 31.9 Å². The standard InChI is InChI=1S/C14H8ClNO7S.C14H9N3O6S.C14H11N3O4S.C14H10N2O5/c15-24(22,23)11-7-9(14(18)19)6-10(16(20)21)12(11)13(17)8-4-2-1-3-5-8;18-14(19)9-6-10(17(20)21)12-11(7-9)24(22,23)16-15-13(12)8-4-2-1-3-5-8;15-10-6-9(14(18)19)7-11-12(10)13(16-17-22(11,20)21)8-4-2-1-3-5-8;15-10-6-9(14(18)19)7-11(16(20)21)12(10)13(17)8-4-2-1-3-5-8/h1-7H,(H,18,19);1-7,16H,(H,18,19);1-7,17H,15H2,(H,18,19);1-7H,15H2,(H,18,19). The van der Waals surface area contributed by atoms with Gasteiger partial charge in [0.25, 0.3) is 46.2 Å². The first kappa shape index (κ1) is 66.4. The third-order valence-corrected chi connectivity index (χ3v) is 16.3. The van der Waals surface area contributed by atoms with Gasteiger partial charge in [0.1, 0.15) is 42.8 Å². The van der Waals surface area contributed by atoms with Crippen molar-refractivity contribution >= 4 is 115 Å². The highest BCUT2D eigenvalue weighted by molar-refractivity contribution is 8.13. The lowest BCUT2D eigenvalue weighted by Crippen LogP contribution is -2.29. The molecule has 0 fully saturated rings. The molecule has 0 aliphatic carbocycles. The topological polar surface area (TPSA) is 516 Å². The maximum Gasteiger partial charge on any atom is 0.336 e. The molecule has 2 heterocycles. The molecule has 10 rings (SSSR count). The van der Waals surface area contributed by atoms with Crippen LogP contribution in [0.2, 0.25) is 0 Å². The van der Waals surface area contributed by atoms with Crippen LogP contribution in [-0.4, -0.2) is 107 Å². The lowest BCUT2D eigenvalue weighted by Gasteiger charge is -2.20. The summed E-state index contributed by atoms with van der Waals surface area (Å²) in [6.07, 6.45) is 0. The number of aromatic carboxylic acids is 4. The molecule has 8 aromatic carbocycles. The minimum Gasteiger partial charge on any atom is -0.478 e. The average molecular weight is 1320 g/mol. The lowest BCUT2D eigenvalue weighted by atomic mass is 9.98. The first-order valence-corrected chi connectivity index (χ1v) is 30.1. The third-order valence-electron chi connectivity index (χ3n) is 12.5. The highest BCUT2D eigenvalue weighted by atomic mass is 35.7. The van der Waals surface area contributed by atoms with Crippen molar-refractivity contribution in [2.75, 3.05) is 11.5 Å². The normalized spacial score (nSPS) is 12.9. The minimum atomic E-state index is -4.61. The number of hydrazone groups is 2. The highest BCUT2D eigenvalue weighted by Crippen LogP contribution is 2.36. The Morgan fingerprint density at radius 1 is 0.440 bits per heavy atom. The number of hydrogen-bond donors (Lipinski definition) is 8. The van der Waals surface area contributed by atoms with Crippen LogP contribution in [0.5, 0.6) is 0 Å². The van der Waals surface area contributed by atoms with E-state index in [2.05, 4.69) is 15.0 Å². The number of carbonyl (C=O) groups excluding carboxylic acids is 2. The van der Waals surface area contributed by atoms with E-state index in [1.54, 1.807) is 78.9 Å². The molecule has 8 aromatic rings. The van der Waals surface area contributed by atoms with Crippen molar-refractivity contribution < 1.29 is 89.2 Å². The number of nitro groups is 3. The van der Waals surface area contributed by atoms with E-state index in [1.165, 1.54) is 42.5 Å². The van der Waals surface area contributed by atoms with Gasteiger partial charge in [0.05, 0.1) is 42.7 Å². The molecule has 464 valence electrons. The number of hydrogen-bond acceptors (Lipinski definition) is 22. The molecule has 0 amide bonds. The summed E-state index contributed by atoms with van der Waals surface area (Å²) in [4.78, 5) is 103. The van der Waals surface area contributed by atoms with E-state index in [0.29, 0.717) is 29.0 Å². The Labute approximate surface area is 514 Å². The molecule has 0 saturated carbocycles. The molecule has 0 spiro atoms. The summed E-state index contributed by atoms with van der Waals surface area (Å²) in [5.41, 5.74) is 8.01. The van der Waals surface area contributed by atoms with Gasteiger partial charge in [0, 0.05) is 62.4 Å². The number of nitrogens with two attached hydrogens (primary N) is 2. The van der Waals surface area contributed by atoms with Gasteiger partial charge in [-0.1, -0.05) is 121 Å². The molecule has 35 heteroatoms. The number of carboxylic acid groups (broad SMARTS) is 4. The Balaban J connectivity index is 0.000000173. The summed E-state index contributed by atoms with van der Waals surface area (Å²) in [7, 11) is -7.50. The van der Waals surface area contributed by atoms with Gasteiger partial charge in [-0.3, -0.25) is 39.9 Å². The zero-order valence-electron chi connectivity index (χ0n) is 45.3. The van der Waals surface area contributed by atoms with E-state index in [9.17, 15) is 84.4 Å². The van der Waals surface area contributed by atoms with E-state index in [-0.39, 0.29) is 60.9 Å². The monoisotopic (exact) mass is 1320 g/mol. The number of carboxylic acids is 4. The van der Waals surface area contributed by atoms with Gasteiger partial charge in [-0.05, 0) is 30.3 Å². The minimum absolute atomic E-state index is 0.00904. The van der Waals surface area contributed by atoms with Crippen LogP contribution in [0.15, 0.2) is 195 Å². The maximum atomic E-state index is 12.5. The van der Waals surface area contributed by atoms with Crippen molar-refractivity contribution in [2.24, 2.45) is 10.2 Å². The van der Waals surface area contributed by atoms with Crippen molar-refractivity contribution in [3.63, 3.8) is 0 Å². The molecular weight excluding hydrogens is 1280 g/mol.